The summed E-state index contributed by atoms with van der Waals surface area (Å²) in [7, 11) is 0. The monoisotopic (exact) mass is 360 g/mol. The first-order chi connectivity index (χ1) is 11.8. The van der Waals surface area contributed by atoms with E-state index in [2.05, 4.69) is 5.32 Å². The van der Waals surface area contributed by atoms with E-state index >= 15 is 0 Å². The molecule has 1 amide bonds. The molecule has 0 aromatic heterocycles. The van der Waals surface area contributed by atoms with Crippen molar-refractivity contribution in [3.63, 3.8) is 0 Å². The predicted octanol–water partition coefficient (Wildman–Crippen LogP) is 3.31. The number of nitrogens with two attached hydrogens (primary N) is 1. The molecule has 0 heterocycles. The van der Waals surface area contributed by atoms with Crippen LogP contribution < -0.4 is 11.1 Å². The second-order valence-electron chi connectivity index (χ2n) is 5.40. The van der Waals surface area contributed by atoms with Gasteiger partial charge in [-0.1, -0.05) is 11.6 Å². The van der Waals surface area contributed by atoms with Crippen molar-refractivity contribution >= 4 is 40.6 Å². The summed E-state index contributed by atoms with van der Waals surface area (Å²) in [5, 5.41) is 3.01. The highest BCUT2D eigenvalue weighted by molar-refractivity contribution is 6.31. The van der Waals surface area contributed by atoms with Gasteiger partial charge in [0.2, 0.25) is 0 Å². The average molecular weight is 361 g/mol. The van der Waals surface area contributed by atoms with E-state index in [-0.39, 0.29) is 17.0 Å². The fourth-order valence-corrected chi connectivity index (χ4v) is 2.21. The van der Waals surface area contributed by atoms with Crippen LogP contribution in [0.1, 0.15) is 34.6 Å². The van der Waals surface area contributed by atoms with E-state index in [1.807, 2.05) is 0 Å². The molecule has 0 radical (unpaired) electrons. The van der Waals surface area contributed by atoms with Crippen LogP contribution in [0.3, 0.4) is 0 Å². The Balaban J connectivity index is 1.99. The fourth-order valence-electron chi connectivity index (χ4n) is 2.03. The van der Waals surface area contributed by atoms with Crippen LogP contribution in [0.2, 0.25) is 5.02 Å². The highest BCUT2D eigenvalue weighted by atomic mass is 35.5. The number of ether oxygens (including phenoxy) is 1. The van der Waals surface area contributed by atoms with Gasteiger partial charge in [-0.15, -0.1) is 0 Å². The molecule has 0 bridgehead atoms. The van der Waals surface area contributed by atoms with E-state index in [1.54, 1.807) is 24.3 Å². The molecule has 0 aliphatic heterocycles. The molecular weight excluding hydrogens is 344 g/mol. The van der Waals surface area contributed by atoms with Crippen molar-refractivity contribution in [2.24, 2.45) is 0 Å². The number of ketones is 1. The van der Waals surface area contributed by atoms with Crippen molar-refractivity contribution in [2.45, 2.75) is 20.0 Å². The lowest BCUT2D eigenvalue weighted by atomic mass is 10.1. The third kappa shape index (κ3) is 4.81. The molecule has 2 rings (SSSR count). The molecule has 25 heavy (non-hydrogen) atoms. The number of hydrogen-bond donors (Lipinski definition) is 2. The standard InChI is InChI=1S/C18H17ClN2O4/c1-10(22)12-3-6-14(7-4-12)21-17(23)11(2)25-18(24)15-8-5-13(19)9-16(15)20/h3-9,11H,20H2,1-2H3,(H,21,23). The van der Waals surface area contributed by atoms with Gasteiger partial charge in [0.05, 0.1) is 5.56 Å². The zero-order chi connectivity index (χ0) is 18.6. The molecule has 3 N–H and O–H groups in total. The highest BCUT2D eigenvalue weighted by Crippen LogP contribution is 2.19. The minimum Gasteiger partial charge on any atom is -0.449 e. The summed E-state index contributed by atoms with van der Waals surface area (Å²) in [5.74, 6) is -1.29. The van der Waals surface area contributed by atoms with E-state index < -0.39 is 18.0 Å². The van der Waals surface area contributed by atoms with Crippen LogP contribution >= 0.6 is 11.6 Å². The summed E-state index contributed by atoms with van der Waals surface area (Å²) < 4.78 is 5.12. The largest absolute Gasteiger partial charge is 0.449 e. The van der Waals surface area contributed by atoms with Crippen molar-refractivity contribution in [3.05, 3.63) is 58.6 Å². The van der Waals surface area contributed by atoms with Crippen LogP contribution in [-0.4, -0.2) is 23.8 Å². The molecule has 0 fully saturated rings. The van der Waals surface area contributed by atoms with Gasteiger partial charge in [0.25, 0.3) is 5.91 Å². The van der Waals surface area contributed by atoms with Gasteiger partial charge in [-0.05, 0) is 56.3 Å². The lowest BCUT2D eigenvalue weighted by Gasteiger charge is -2.14. The Morgan fingerprint density at radius 1 is 1.12 bits per heavy atom. The molecule has 0 aliphatic rings. The van der Waals surface area contributed by atoms with Gasteiger partial charge in [0.1, 0.15) is 0 Å². The number of nitrogen functional groups attached to an aromatic ring is 1. The van der Waals surface area contributed by atoms with Crippen molar-refractivity contribution < 1.29 is 19.1 Å². The molecule has 7 heteroatoms. The Kier molecular flexibility index (Phi) is 5.77. The number of nitrogens with one attached hydrogen (secondary N) is 1. The molecule has 0 aliphatic carbocycles. The van der Waals surface area contributed by atoms with E-state index in [1.165, 1.54) is 32.0 Å². The van der Waals surface area contributed by atoms with Gasteiger partial charge in [0, 0.05) is 22.0 Å². The summed E-state index contributed by atoms with van der Waals surface area (Å²) in [5.41, 5.74) is 7.06. The fraction of sp³-hybridized carbons (Fsp3) is 0.167. The summed E-state index contributed by atoms with van der Waals surface area (Å²) in [6.07, 6.45) is -1.03. The van der Waals surface area contributed by atoms with Gasteiger partial charge < -0.3 is 15.8 Å². The summed E-state index contributed by atoms with van der Waals surface area (Å²) in [4.78, 5) is 35.5. The lowest BCUT2D eigenvalue weighted by molar-refractivity contribution is -0.123. The van der Waals surface area contributed by atoms with E-state index in [0.29, 0.717) is 16.3 Å². The molecule has 0 saturated heterocycles. The van der Waals surface area contributed by atoms with Crippen LogP contribution in [0.4, 0.5) is 11.4 Å². The Labute approximate surface area is 149 Å². The number of carbonyl (C=O) groups excluding carboxylic acids is 3. The third-order valence-corrected chi connectivity index (χ3v) is 3.68. The van der Waals surface area contributed by atoms with Crippen molar-refractivity contribution in [1.82, 2.24) is 0 Å². The quantitative estimate of drug-likeness (QED) is 0.484. The van der Waals surface area contributed by atoms with Crippen LogP contribution in [0.15, 0.2) is 42.5 Å². The molecule has 2 aromatic rings. The molecule has 6 nitrogen and oxygen atoms in total. The van der Waals surface area contributed by atoms with Gasteiger partial charge in [0.15, 0.2) is 11.9 Å². The number of Topliss-reactive ketones (excluding diaryl/α,β-unsaturated/α-hetero) is 1. The molecule has 0 saturated carbocycles. The lowest BCUT2D eigenvalue weighted by Crippen LogP contribution is -2.30. The second kappa shape index (κ2) is 7.81. The van der Waals surface area contributed by atoms with Crippen LogP contribution in [0, 0.1) is 0 Å². The van der Waals surface area contributed by atoms with Crippen molar-refractivity contribution in [1.29, 1.82) is 0 Å². The molecule has 2 aromatic carbocycles. The van der Waals surface area contributed by atoms with E-state index in [0.717, 1.165) is 0 Å². The molecule has 0 spiro atoms. The maximum atomic E-state index is 12.1. The molecule has 130 valence electrons. The normalized spacial score (nSPS) is 11.5. The Hall–Kier alpha value is -2.86. The van der Waals surface area contributed by atoms with Gasteiger partial charge in [-0.2, -0.15) is 0 Å². The smallest absolute Gasteiger partial charge is 0.341 e. The first-order valence-corrected chi connectivity index (χ1v) is 7.83. The van der Waals surface area contributed by atoms with Crippen LogP contribution in [0.25, 0.3) is 0 Å². The maximum absolute atomic E-state index is 12.1. The minimum atomic E-state index is -1.03. The summed E-state index contributed by atoms with van der Waals surface area (Å²) in [6, 6.07) is 10.8. The molecule has 1 atom stereocenters. The van der Waals surface area contributed by atoms with Crippen molar-refractivity contribution in [3.8, 4) is 0 Å². The zero-order valence-electron chi connectivity index (χ0n) is 13.7. The number of hydrogen-bond acceptors (Lipinski definition) is 5. The van der Waals surface area contributed by atoms with Gasteiger partial charge >= 0.3 is 5.97 Å². The van der Waals surface area contributed by atoms with Crippen LogP contribution in [0.5, 0.6) is 0 Å². The number of rotatable bonds is 5. The summed E-state index contributed by atoms with van der Waals surface area (Å²) >= 11 is 5.78. The first kappa shape index (κ1) is 18.5. The topological polar surface area (TPSA) is 98.5 Å². The number of amides is 1. The molecule has 1 unspecified atom stereocenters. The number of anilines is 2. The average Bonchev–Trinajstić information content (AvgIpc) is 2.55. The first-order valence-electron chi connectivity index (χ1n) is 7.46. The van der Waals surface area contributed by atoms with Crippen LogP contribution in [-0.2, 0) is 9.53 Å². The number of carbonyl (C=O) groups is 3. The van der Waals surface area contributed by atoms with E-state index in [4.69, 9.17) is 22.1 Å². The number of esters is 1. The Morgan fingerprint density at radius 3 is 2.32 bits per heavy atom. The minimum absolute atomic E-state index is 0.0688. The maximum Gasteiger partial charge on any atom is 0.341 e. The predicted molar refractivity (Wildman–Crippen MR) is 95.8 cm³/mol. The van der Waals surface area contributed by atoms with Gasteiger partial charge in [-0.3, -0.25) is 9.59 Å². The SMILES string of the molecule is CC(=O)c1ccc(NC(=O)C(C)OC(=O)c2ccc(Cl)cc2N)cc1. The number of benzene rings is 2. The number of halogens is 1. The second-order valence-corrected chi connectivity index (χ2v) is 5.84. The third-order valence-electron chi connectivity index (χ3n) is 3.45. The van der Waals surface area contributed by atoms with E-state index in [9.17, 15) is 14.4 Å². The Morgan fingerprint density at radius 2 is 1.76 bits per heavy atom. The van der Waals surface area contributed by atoms with Gasteiger partial charge in [-0.25, -0.2) is 4.79 Å². The Bertz CT molecular complexity index is 818. The highest BCUT2D eigenvalue weighted by Gasteiger charge is 2.20. The zero-order valence-corrected chi connectivity index (χ0v) is 14.5. The van der Waals surface area contributed by atoms with Crippen molar-refractivity contribution in [2.75, 3.05) is 11.1 Å². The molecular formula is C18H17ClN2O4. The summed E-state index contributed by atoms with van der Waals surface area (Å²) in [6.45, 7) is 2.90.